The predicted octanol–water partition coefficient (Wildman–Crippen LogP) is 2.44. The minimum atomic E-state index is -0.289. The van der Waals surface area contributed by atoms with Gasteiger partial charge in [-0.1, -0.05) is 24.3 Å². The quantitative estimate of drug-likeness (QED) is 0.940. The molecule has 2 heterocycles. The van der Waals surface area contributed by atoms with Gasteiger partial charge < -0.3 is 10.2 Å². The van der Waals surface area contributed by atoms with Gasteiger partial charge in [0.25, 0.3) is 0 Å². The van der Waals surface area contributed by atoms with Crippen LogP contribution in [0.15, 0.2) is 30.5 Å². The van der Waals surface area contributed by atoms with Crippen LogP contribution in [-0.4, -0.2) is 40.1 Å². The van der Waals surface area contributed by atoms with Crippen molar-refractivity contribution in [2.75, 3.05) is 18.4 Å². The zero-order valence-corrected chi connectivity index (χ0v) is 12.2. The van der Waals surface area contributed by atoms with Crippen molar-refractivity contribution in [1.29, 1.82) is 0 Å². The molecule has 1 aliphatic heterocycles. The lowest BCUT2D eigenvalue weighted by Gasteiger charge is -2.29. The molecule has 1 saturated heterocycles. The Morgan fingerprint density at radius 2 is 2.00 bits per heavy atom. The molecule has 0 spiro atoms. The third kappa shape index (κ3) is 2.96. The number of anilines is 1. The highest BCUT2D eigenvalue weighted by atomic mass is 16.2. The fourth-order valence-corrected chi connectivity index (χ4v) is 2.79. The van der Waals surface area contributed by atoms with Crippen LogP contribution in [0.2, 0.25) is 0 Å². The van der Waals surface area contributed by atoms with E-state index in [9.17, 15) is 4.79 Å². The van der Waals surface area contributed by atoms with Crippen LogP contribution in [0.1, 0.15) is 26.2 Å². The SMILES string of the molecule is CC(Nc1nncc2ccccc12)C(=O)N1CCCCC1. The molecule has 0 bridgehead atoms. The summed E-state index contributed by atoms with van der Waals surface area (Å²) in [5.41, 5.74) is 0. The van der Waals surface area contributed by atoms with Crippen LogP contribution >= 0.6 is 0 Å². The lowest BCUT2D eigenvalue weighted by atomic mass is 10.1. The molecule has 1 amide bonds. The largest absolute Gasteiger partial charge is 0.357 e. The van der Waals surface area contributed by atoms with Crippen molar-refractivity contribution >= 4 is 22.5 Å². The number of nitrogens with zero attached hydrogens (tertiary/aromatic N) is 3. The summed E-state index contributed by atoms with van der Waals surface area (Å²) in [6, 6.07) is 7.63. The van der Waals surface area contributed by atoms with Crippen molar-refractivity contribution < 1.29 is 4.79 Å². The second-order valence-electron chi connectivity index (χ2n) is 5.53. The first kappa shape index (κ1) is 13.8. The summed E-state index contributed by atoms with van der Waals surface area (Å²) in [6.07, 6.45) is 5.16. The van der Waals surface area contributed by atoms with Gasteiger partial charge in [-0.15, -0.1) is 5.10 Å². The van der Waals surface area contributed by atoms with Gasteiger partial charge in [-0.05, 0) is 26.2 Å². The van der Waals surface area contributed by atoms with Crippen LogP contribution in [0.4, 0.5) is 5.82 Å². The molecule has 1 aromatic heterocycles. The van der Waals surface area contributed by atoms with Crippen molar-refractivity contribution in [2.45, 2.75) is 32.2 Å². The van der Waals surface area contributed by atoms with E-state index in [0.29, 0.717) is 5.82 Å². The predicted molar refractivity (Wildman–Crippen MR) is 83.1 cm³/mol. The van der Waals surface area contributed by atoms with Gasteiger partial charge in [-0.25, -0.2) is 0 Å². The number of aromatic nitrogens is 2. The van der Waals surface area contributed by atoms with Crippen LogP contribution in [0, 0.1) is 0 Å². The minimum Gasteiger partial charge on any atom is -0.357 e. The Bertz CT molecular complexity index is 632. The number of nitrogens with one attached hydrogen (secondary N) is 1. The number of hydrogen-bond donors (Lipinski definition) is 1. The molecule has 1 aromatic carbocycles. The van der Waals surface area contributed by atoms with E-state index >= 15 is 0 Å². The van der Waals surface area contributed by atoms with Crippen LogP contribution in [-0.2, 0) is 4.79 Å². The summed E-state index contributed by atoms with van der Waals surface area (Å²) in [6.45, 7) is 3.62. The normalized spacial score (nSPS) is 16.7. The van der Waals surface area contributed by atoms with Gasteiger partial charge in [-0.3, -0.25) is 4.79 Å². The Labute approximate surface area is 124 Å². The van der Waals surface area contributed by atoms with E-state index in [1.807, 2.05) is 36.1 Å². The maximum Gasteiger partial charge on any atom is 0.244 e. The van der Waals surface area contributed by atoms with E-state index in [2.05, 4.69) is 15.5 Å². The van der Waals surface area contributed by atoms with Crippen LogP contribution in [0.5, 0.6) is 0 Å². The standard InChI is InChI=1S/C16H20N4O/c1-12(16(21)20-9-5-2-6-10-20)18-15-14-8-4-3-7-13(14)11-17-19-15/h3-4,7-8,11-12H,2,5-6,9-10H2,1H3,(H,18,19). The zero-order chi connectivity index (χ0) is 14.7. The fourth-order valence-electron chi connectivity index (χ4n) is 2.79. The summed E-state index contributed by atoms with van der Waals surface area (Å²) in [5.74, 6) is 0.815. The number of fused-ring (bicyclic) bond motifs is 1. The van der Waals surface area contributed by atoms with Gasteiger partial charge in [0.05, 0.1) is 6.20 Å². The van der Waals surface area contributed by atoms with E-state index in [-0.39, 0.29) is 11.9 Å². The summed E-state index contributed by atoms with van der Waals surface area (Å²) < 4.78 is 0. The van der Waals surface area contributed by atoms with Crippen LogP contribution in [0.3, 0.4) is 0 Å². The number of likely N-dealkylation sites (tertiary alicyclic amines) is 1. The monoisotopic (exact) mass is 284 g/mol. The van der Waals surface area contributed by atoms with Gasteiger partial charge in [0.15, 0.2) is 5.82 Å². The van der Waals surface area contributed by atoms with E-state index in [1.165, 1.54) is 6.42 Å². The summed E-state index contributed by atoms with van der Waals surface area (Å²) in [7, 11) is 0. The molecule has 5 heteroatoms. The highest BCUT2D eigenvalue weighted by Crippen LogP contribution is 2.20. The van der Waals surface area contributed by atoms with Crippen molar-refractivity contribution in [3.8, 4) is 0 Å². The Morgan fingerprint density at radius 3 is 2.81 bits per heavy atom. The molecular formula is C16H20N4O. The topological polar surface area (TPSA) is 58.1 Å². The van der Waals surface area contributed by atoms with Crippen LogP contribution in [0.25, 0.3) is 10.8 Å². The molecule has 0 radical (unpaired) electrons. The van der Waals surface area contributed by atoms with E-state index in [4.69, 9.17) is 0 Å². The first-order valence-corrected chi connectivity index (χ1v) is 7.51. The molecule has 3 rings (SSSR count). The van der Waals surface area contributed by atoms with E-state index in [0.717, 1.165) is 36.7 Å². The lowest BCUT2D eigenvalue weighted by Crippen LogP contribution is -2.44. The third-order valence-corrected chi connectivity index (χ3v) is 3.96. The molecule has 110 valence electrons. The van der Waals surface area contributed by atoms with Gasteiger partial charge in [0.1, 0.15) is 6.04 Å². The minimum absolute atomic E-state index is 0.143. The molecule has 1 fully saturated rings. The number of piperidine rings is 1. The second-order valence-corrected chi connectivity index (χ2v) is 5.53. The zero-order valence-electron chi connectivity index (χ0n) is 12.2. The average molecular weight is 284 g/mol. The number of carbonyl (C=O) groups is 1. The van der Waals surface area contributed by atoms with Crippen LogP contribution < -0.4 is 5.32 Å². The lowest BCUT2D eigenvalue weighted by molar-refractivity contribution is -0.132. The van der Waals surface area contributed by atoms with Gasteiger partial charge >= 0.3 is 0 Å². The third-order valence-electron chi connectivity index (χ3n) is 3.96. The number of hydrogen-bond acceptors (Lipinski definition) is 4. The molecule has 5 nitrogen and oxygen atoms in total. The number of amides is 1. The van der Waals surface area contributed by atoms with E-state index in [1.54, 1.807) is 6.20 Å². The Hall–Kier alpha value is -2.17. The number of rotatable bonds is 3. The highest BCUT2D eigenvalue weighted by molar-refractivity contribution is 5.93. The number of carbonyl (C=O) groups excluding carboxylic acids is 1. The molecule has 1 N–H and O–H groups in total. The van der Waals surface area contributed by atoms with Crippen molar-refractivity contribution in [1.82, 2.24) is 15.1 Å². The smallest absolute Gasteiger partial charge is 0.244 e. The summed E-state index contributed by atoms with van der Waals surface area (Å²) in [4.78, 5) is 14.4. The van der Waals surface area contributed by atoms with Gasteiger partial charge in [0, 0.05) is 23.9 Å². The van der Waals surface area contributed by atoms with Crippen molar-refractivity contribution in [3.63, 3.8) is 0 Å². The molecule has 0 aliphatic carbocycles. The molecule has 0 saturated carbocycles. The highest BCUT2D eigenvalue weighted by Gasteiger charge is 2.22. The fraction of sp³-hybridized carbons (Fsp3) is 0.438. The summed E-state index contributed by atoms with van der Waals surface area (Å²) >= 11 is 0. The van der Waals surface area contributed by atoms with Crippen molar-refractivity contribution in [2.24, 2.45) is 0 Å². The Balaban J connectivity index is 1.76. The van der Waals surface area contributed by atoms with Crippen molar-refractivity contribution in [3.05, 3.63) is 30.5 Å². The maximum atomic E-state index is 12.5. The summed E-state index contributed by atoms with van der Waals surface area (Å²) in [5, 5.41) is 13.4. The molecular weight excluding hydrogens is 264 g/mol. The molecule has 1 aliphatic rings. The average Bonchev–Trinajstić information content (AvgIpc) is 2.55. The first-order chi connectivity index (χ1) is 10.3. The molecule has 2 aromatic rings. The first-order valence-electron chi connectivity index (χ1n) is 7.51. The maximum absolute atomic E-state index is 12.5. The second kappa shape index (κ2) is 6.08. The Morgan fingerprint density at radius 1 is 1.24 bits per heavy atom. The molecule has 1 atom stereocenters. The molecule has 21 heavy (non-hydrogen) atoms. The van der Waals surface area contributed by atoms with Gasteiger partial charge in [0.2, 0.25) is 5.91 Å². The van der Waals surface area contributed by atoms with Gasteiger partial charge in [-0.2, -0.15) is 5.10 Å². The Kier molecular flexibility index (Phi) is 3.99. The molecule has 1 unspecified atom stereocenters. The number of benzene rings is 1. The van der Waals surface area contributed by atoms with E-state index < -0.39 is 0 Å².